The summed E-state index contributed by atoms with van der Waals surface area (Å²) in [4.78, 5) is 0.0372. The second-order valence-corrected chi connectivity index (χ2v) is 6.03. The molecule has 0 radical (unpaired) electrons. The molecule has 17 heavy (non-hydrogen) atoms. The molecule has 0 aliphatic carbocycles. The molecule has 0 aliphatic rings. The smallest absolute Gasteiger partial charge is 0.246 e. The molecule has 0 saturated carbocycles. The molecule has 0 spiro atoms. The minimum Gasteiger partial charge on any atom is -0.381 e. The highest BCUT2D eigenvalue weighted by molar-refractivity contribution is 7.89. The Kier molecular flexibility index (Phi) is 4.16. The molecule has 1 rings (SSSR count). The van der Waals surface area contributed by atoms with Crippen LogP contribution in [0.3, 0.4) is 0 Å². The number of aryl methyl sites for hydroxylation is 1. The maximum absolute atomic E-state index is 12.1. The summed E-state index contributed by atoms with van der Waals surface area (Å²) in [7, 11) is -1.95. The van der Waals surface area contributed by atoms with Crippen LogP contribution in [0.15, 0.2) is 11.1 Å². The summed E-state index contributed by atoms with van der Waals surface area (Å²) in [6, 6.07) is -0.135. The number of hydrogen-bond donors (Lipinski definition) is 2. The van der Waals surface area contributed by atoms with E-state index in [-0.39, 0.29) is 22.7 Å². The van der Waals surface area contributed by atoms with Gasteiger partial charge < -0.3 is 5.73 Å². The molecule has 0 bridgehead atoms. The Balaban J connectivity index is 2.93. The monoisotopic (exact) mass is 260 g/mol. The van der Waals surface area contributed by atoms with E-state index in [1.807, 2.05) is 20.8 Å². The largest absolute Gasteiger partial charge is 0.381 e. The molecular weight excluding hydrogens is 240 g/mol. The molecule has 1 aromatic rings. The fourth-order valence-corrected chi connectivity index (χ4v) is 2.93. The molecule has 0 amide bonds. The van der Waals surface area contributed by atoms with Crippen molar-refractivity contribution in [3.05, 3.63) is 6.20 Å². The third kappa shape index (κ3) is 3.19. The van der Waals surface area contributed by atoms with Gasteiger partial charge in [0.05, 0.1) is 0 Å². The van der Waals surface area contributed by atoms with Crippen molar-refractivity contribution in [3.63, 3.8) is 0 Å². The molecule has 1 aromatic heterocycles. The van der Waals surface area contributed by atoms with Crippen molar-refractivity contribution in [2.24, 2.45) is 13.0 Å². The van der Waals surface area contributed by atoms with Crippen LogP contribution in [0.2, 0.25) is 0 Å². The Hall–Kier alpha value is -1.08. The molecule has 0 saturated heterocycles. The summed E-state index contributed by atoms with van der Waals surface area (Å²) < 4.78 is 28.1. The van der Waals surface area contributed by atoms with Gasteiger partial charge in [0.1, 0.15) is 4.90 Å². The molecule has 7 heteroatoms. The average molecular weight is 260 g/mol. The van der Waals surface area contributed by atoms with Crippen molar-refractivity contribution in [1.82, 2.24) is 14.5 Å². The maximum atomic E-state index is 12.1. The molecule has 98 valence electrons. The quantitative estimate of drug-likeness (QED) is 0.816. The van der Waals surface area contributed by atoms with E-state index in [1.54, 1.807) is 7.05 Å². The Labute approximate surface area is 102 Å². The van der Waals surface area contributed by atoms with Crippen LogP contribution >= 0.6 is 0 Å². The summed E-state index contributed by atoms with van der Waals surface area (Å²) in [6.07, 6.45) is 2.31. The predicted molar refractivity (Wildman–Crippen MR) is 66.9 cm³/mol. The average Bonchev–Trinajstić information content (AvgIpc) is 2.56. The second kappa shape index (κ2) is 5.05. The third-order valence-electron chi connectivity index (χ3n) is 2.95. The lowest BCUT2D eigenvalue weighted by atomic mass is 10.0. The molecular formula is C10H20N4O2S. The van der Waals surface area contributed by atoms with Crippen LogP contribution in [0.25, 0.3) is 0 Å². The van der Waals surface area contributed by atoms with Crippen LogP contribution in [-0.2, 0) is 17.1 Å². The van der Waals surface area contributed by atoms with Gasteiger partial charge in [-0.2, -0.15) is 5.10 Å². The maximum Gasteiger partial charge on any atom is 0.246 e. The van der Waals surface area contributed by atoms with Crippen molar-refractivity contribution in [2.45, 2.75) is 38.1 Å². The molecule has 2 atom stereocenters. The number of nitrogens with two attached hydrogens (primary N) is 1. The zero-order chi connectivity index (χ0) is 13.2. The fraction of sp³-hybridized carbons (Fsp3) is 0.700. The number of rotatable bonds is 5. The topological polar surface area (TPSA) is 90.0 Å². The second-order valence-electron chi connectivity index (χ2n) is 4.35. The van der Waals surface area contributed by atoms with Crippen LogP contribution in [-0.4, -0.2) is 24.2 Å². The van der Waals surface area contributed by atoms with Crippen LogP contribution in [0.5, 0.6) is 0 Å². The third-order valence-corrected chi connectivity index (χ3v) is 4.53. The summed E-state index contributed by atoms with van der Waals surface area (Å²) in [5.41, 5.74) is 5.56. The van der Waals surface area contributed by atoms with Gasteiger partial charge in [-0.1, -0.05) is 20.3 Å². The van der Waals surface area contributed by atoms with E-state index in [1.165, 1.54) is 10.9 Å². The van der Waals surface area contributed by atoms with Crippen molar-refractivity contribution in [1.29, 1.82) is 0 Å². The van der Waals surface area contributed by atoms with E-state index in [0.717, 1.165) is 6.42 Å². The Morgan fingerprint density at radius 1 is 1.53 bits per heavy atom. The Morgan fingerprint density at radius 2 is 2.12 bits per heavy atom. The number of anilines is 1. The molecule has 0 fully saturated rings. The van der Waals surface area contributed by atoms with E-state index in [0.29, 0.717) is 0 Å². The number of aromatic nitrogens is 2. The van der Waals surface area contributed by atoms with Gasteiger partial charge in [-0.15, -0.1) is 0 Å². The highest BCUT2D eigenvalue weighted by Crippen LogP contribution is 2.17. The van der Waals surface area contributed by atoms with Crippen molar-refractivity contribution >= 4 is 15.8 Å². The molecule has 6 nitrogen and oxygen atoms in total. The summed E-state index contributed by atoms with van der Waals surface area (Å²) in [5, 5.41) is 3.82. The van der Waals surface area contributed by atoms with E-state index in [9.17, 15) is 8.42 Å². The van der Waals surface area contributed by atoms with Gasteiger partial charge >= 0.3 is 0 Å². The number of nitrogen functional groups attached to an aromatic ring is 1. The fourth-order valence-electron chi connectivity index (χ4n) is 1.47. The van der Waals surface area contributed by atoms with Crippen LogP contribution < -0.4 is 10.5 Å². The van der Waals surface area contributed by atoms with Gasteiger partial charge in [0.2, 0.25) is 10.0 Å². The first-order valence-corrected chi connectivity index (χ1v) is 7.07. The molecule has 0 aliphatic heterocycles. The van der Waals surface area contributed by atoms with Gasteiger partial charge in [0.15, 0.2) is 5.82 Å². The van der Waals surface area contributed by atoms with Gasteiger partial charge in [-0.25, -0.2) is 13.1 Å². The van der Waals surface area contributed by atoms with Crippen LogP contribution in [0.4, 0.5) is 5.82 Å². The number of nitrogens with zero attached hydrogens (tertiary/aromatic N) is 2. The lowest BCUT2D eigenvalue weighted by Crippen LogP contribution is -2.37. The highest BCUT2D eigenvalue weighted by atomic mass is 32.2. The zero-order valence-electron chi connectivity index (χ0n) is 10.6. The van der Waals surface area contributed by atoms with Crippen molar-refractivity contribution in [3.8, 4) is 0 Å². The summed E-state index contributed by atoms with van der Waals surface area (Å²) in [5.74, 6) is 0.291. The summed E-state index contributed by atoms with van der Waals surface area (Å²) in [6.45, 7) is 5.87. The lowest BCUT2D eigenvalue weighted by molar-refractivity contribution is 0.434. The van der Waals surface area contributed by atoms with E-state index >= 15 is 0 Å². The number of sulfonamides is 1. The molecule has 2 unspecified atom stereocenters. The normalized spacial score (nSPS) is 15.8. The van der Waals surface area contributed by atoms with Crippen molar-refractivity contribution in [2.75, 3.05) is 5.73 Å². The Morgan fingerprint density at radius 3 is 2.53 bits per heavy atom. The predicted octanol–water partition coefficient (Wildman–Crippen LogP) is 0.715. The molecule has 3 N–H and O–H groups in total. The SMILES string of the molecule is CCC(C)C(C)NS(=O)(=O)c1cn(C)nc1N. The first-order valence-electron chi connectivity index (χ1n) is 5.59. The summed E-state index contributed by atoms with van der Waals surface area (Å²) >= 11 is 0. The zero-order valence-corrected chi connectivity index (χ0v) is 11.5. The Bertz CT molecular complexity index is 480. The van der Waals surface area contributed by atoms with Crippen LogP contribution in [0.1, 0.15) is 27.2 Å². The molecule has 0 aromatic carbocycles. The first-order chi connectivity index (χ1) is 7.77. The van der Waals surface area contributed by atoms with E-state index in [4.69, 9.17) is 5.73 Å². The van der Waals surface area contributed by atoms with Crippen molar-refractivity contribution < 1.29 is 8.42 Å². The van der Waals surface area contributed by atoms with Gasteiger partial charge in [0.25, 0.3) is 0 Å². The molecule has 1 heterocycles. The van der Waals surface area contributed by atoms with Crippen LogP contribution in [0, 0.1) is 5.92 Å². The van der Waals surface area contributed by atoms with E-state index < -0.39 is 10.0 Å². The van der Waals surface area contributed by atoms with E-state index in [2.05, 4.69) is 9.82 Å². The minimum absolute atomic E-state index is 0.0244. The van der Waals surface area contributed by atoms with Gasteiger partial charge in [-0.3, -0.25) is 4.68 Å². The number of hydrogen-bond acceptors (Lipinski definition) is 4. The lowest BCUT2D eigenvalue weighted by Gasteiger charge is -2.19. The number of nitrogens with one attached hydrogen (secondary N) is 1. The first kappa shape index (κ1) is 14.0. The minimum atomic E-state index is -3.58. The van der Waals surface area contributed by atoms with Gasteiger partial charge in [0, 0.05) is 19.3 Å². The standard InChI is InChI=1S/C10H20N4O2S/c1-5-7(2)8(3)13-17(15,16)9-6-14(4)12-10(9)11/h6-8,13H,5H2,1-4H3,(H2,11,12). The highest BCUT2D eigenvalue weighted by Gasteiger charge is 2.24. The van der Waals surface area contributed by atoms with Gasteiger partial charge in [-0.05, 0) is 12.8 Å².